The molecule has 27 heavy (non-hydrogen) atoms. The molecule has 150 valence electrons. The van der Waals surface area contributed by atoms with Crippen LogP contribution in [-0.4, -0.2) is 57.7 Å². The molecule has 7 nitrogen and oxygen atoms in total. The molecule has 0 aliphatic carbocycles. The maximum Gasteiger partial charge on any atom is 0.225 e. The summed E-state index contributed by atoms with van der Waals surface area (Å²) in [4.78, 5) is 26.8. The van der Waals surface area contributed by atoms with Crippen molar-refractivity contribution in [3.63, 3.8) is 0 Å². The first-order valence-electron chi connectivity index (χ1n) is 9.35. The molecule has 0 unspecified atom stereocenters. The number of likely N-dealkylation sites (tertiary alicyclic amines) is 1. The molecule has 0 aromatic heterocycles. The Morgan fingerprint density at radius 3 is 2.19 bits per heavy atom. The van der Waals surface area contributed by atoms with Gasteiger partial charge in [0.25, 0.3) is 0 Å². The quantitative estimate of drug-likeness (QED) is 0.750. The van der Waals surface area contributed by atoms with E-state index in [1.54, 1.807) is 26.2 Å². The maximum atomic E-state index is 12.7. The number of ether oxygens (including phenoxy) is 3. The highest BCUT2D eigenvalue weighted by molar-refractivity contribution is 5.83. The van der Waals surface area contributed by atoms with Crippen molar-refractivity contribution < 1.29 is 23.8 Å². The zero-order valence-electron chi connectivity index (χ0n) is 16.8. The molecule has 1 aliphatic rings. The van der Waals surface area contributed by atoms with Gasteiger partial charge in [-0.05, 0) is 24.1 Å². The average molecular weight is 378 g/mol. The van der Waals surface area contributed by atoms with Crippen LogP contribution in [0, 0.1) is 5.92 Å². The van der Waals surface area contributed by atoms with Crippen LogP contribution in [0.25, 0.3) is 0 Å². The molecule has 7 heteroatoms. The van der Waals surface area contributed by atoms with E-state index in [-0.39, 0.29) is 23.7 Å². The fraction of sp³-hybridized carbons (Fsp3) is 0.600. The zero-order valence-corrected chi connectivity index (χ0v) is 16.8. The van der Waals surface area contributed by atoms with E-state index in [0.717, 1.165) is 12.0 Å². The molecule has 0 radical (unpaired) electrons. The van der Waals surface area contributed by atoms with Crippen molar-refractivity contribution >= 4 is 11.8 Å². The van der Waals surface area contributed by atoms with Gasteiger partial charge in [-0.2, -0.15) is 0 Å². The van der Waals surface area contributed by atoms with Crippen LogP contribution in [-0.2, 0) is 9.59 Å². The fourth-order valence-electron chi connectivity index (χ4n) is 3.53. The van der Waals surface area contributed by atoms with Crippen LogP contribution in [0.4, 0.5) is 0 Å². The number of carbonyl (C=O) groups is 2. The largest absolute Gasteiger partial charge is 0.493 e. The summed E-state index contributed by atoms with van der Waals surface area (Å²) in [5, 5.41) is 2.97. The van der Waals surface area contributed by atoms with Crippen LogP contribution >= 0.6 is 0 Å². The van der Waals surface area contributed by atoms with E-state index < -0.39 is 0 Å². The predicted molar refractivity (Wildman–Crippen MR) is 103 cm³/mol. The van der Waals surface area contributed by atoms with Gasteiger partial charge in [0.05, 0.1) is 27.2 Å². The van der Waals surface area contributed by atoms with E-state index in [1.807, 2.05) is 26.0 Å². The van der Waals surface area contributed by atoms with E-state index in [0.29, 0.717) is 43.3 Å². The Morgan fingerprint density at radius 2 is 1.70 bits per heavy atom. The number of rotatable bonds is 8. The van der Waals surface area contributed by atoms with Crippen molar-refractivity contribution in [1.82, 2.24) is 10.2 Å². The summed E-state index contributed by atoms with van der Waals surface area (Å²) in [5.74, 6) is 1.18. The number of nitrogens with zero attached hydrogens (tertiary/aromatic N) is 1. The first-order valence-corrected chi connectivity index (χ1v) is 9.35. The molecular formula is C20H30N2O5. The van der Waals surface area contributed by atoms with Crippen LogP contribution in [0.1, 0.15) is 38.2 Å². The van der Waals surface area contributed by atoms with Crippen LogP contribution in [0.2, 0.25) is 0 Å². The Bertz CT molecular complexity index is 651. The lowest BCUT2D eigenvalue weighted by molar-refractivity contribution is -0.130. The second kappa shape index (κ2) is 9.48. The lowest BCUT2D eigenvalue weighted by atomic mass is 9.88. The summed E-state index contributed by atoms with van der Waals surface area (Å²) >= 11 is 0. The minimum Gasteiger partial charge on any atom is -0.493 e. The van der Waals surface area contributed by atoms with Gasteiger partial charge < -0.3 is 24.4 Å². The first kappa shape index (κ1) is 20.9. The van der Waals surface area contributed by atoms with Gasteiger partial charge in [-0.25, -0.2) is 0 Å². The van der Waals surface area contributed by atoms with Crippen LogP contribution in [0.3, 0.4) is 0 Å². The van der Waals surface area contributed by atoms with Gasteiger partial charge in [0.2, 0.25) is 17.6 Å². The third-order valence-corrected chi connectivity index (χ3v) is 4.98. The molecule has 0 spiro atoms. The average Bonchev–Trinajstić information content (AvgIpc) is 3.15. The normalized spacial score (nSPS) is 18.9. The zero-order chi connectivity index (χ0) is 20.0. The predicted octanol–water partition coefficient (Wildman–Crippen LogP) is 2.19. The van der Waals surface area contributed by atoms with Gasteiger partial charge in [-0.3, -0.25) is 9.59 Å². The van der Waals surface area contributed by atoms with Gasteiger partial charge >= 0.3 is 0 Å². The van der Waals surface area contributed by atoms with Crippen molar-refractivity contribution in [2.24, 2.45) is 5.92 Å². The molecule has 1 saturated heterocycles. The molecule has 2 amide bonds. The topological polar surface area (TPSA) is 77.1 Å². The molecule has 1 N–H and O–H groups in total. The fourth-order valence-corrected chi connectivity index (χ4v) is 3.53. The van der Waals surface area contributed by atoms with Crippen LogP contribution < -0.4 is 19.5 Å². The maximum absolute atomic E-state index is 12.7. The molecule has 0 saturated carbocycles. The van der Waals surface area contributed by atoms with E-state index >= 15 is 0 Å². The number of methoxy groups -OCH3 is 3. The molecule has 2 atom stereocenters. The van der Waals surface area contributed by atoms with Crippen molar-refractivity contribution in [3.05, 3.63) is 17.7 Å². The van der Waals surface area contributed by atoms with E-state index in [2.05, 4.69) is 5.32 Å². The van der Waals surface area contributed by atoms with Crippen molar-refractivity contribution in [1.29, 1.82) is 0 Å². The number of hydrogen-bond acceptors (Lipinski definition) is 5. The summed E-state index contributed by atoms with van der Waals surface area (Å²) < 4.78 is 16.3. The second-order valence-electron chi connectivity index (χ2n) is 6.61. The van der Waals surface area contributed by atoms with Gasteiger partial charge in [0.15, 0.2) is 11.5 Å². The highest BCUT2D eigenvalue weighted by atomic mass is 16.5. The molecule has 1 aliphatic heterocycles. The Morgan fingerprint density at radius 1 is 1.07 bits per heavy atom. The van der Waals surface area contributed by atoms with Crippen molar-refractivity contribution in [3.8, 4) is 17.2 Å². The number of hydrogen-bond donors (Lipinski definition) is 1. The summed E-state index contributed by atoms with van der Waals surface area (Å²) in [6.45, 7) is 5.39. The summed E-state index contributed by atoms with van der Waals surface area (Å²) in [6, 6.07) is 3.73. The number of nitrogens with one attached hydrogen (secondary N) is 1. The first-order chi connectivity index (χ1) is 13.0. The van der Waals surface area contributed by atoms with Gasteiger partial charge in [0, 0.05) is 32.0 Å². The molecule has 1 fully saturated rings. The lowest BCUT2D eigenvalue weighted by Crippen LogP contribution is -2.35. The third-order valence-electron chi connectivity index (χ3n) is 4.98. The van der Waals surface area contributed by atoms with Gasteiger partial charge in [0.1, 0.15) is 0 Å². The highest BCUT2D eigenvalue weighted by Crippen LogP contribution is 2.43. The number of benzene rings is 1. The Balaban J connectivity index is 2.41. The van der Waals surface area contributed by atoms with Crippen LogP contribution in [0.15, 0.2) is 12.1 Å². The smallest absolute Gasteiger partial charge is 0.225 e. The summed E-state index contributed by atoms with van der Waals surface area (Å²) in [6.07, 6.45) is 1.29. The highest BCUT2D eigenvalue weighted by Gasteiger charge is 2.40. The molecule has 1 aromatic carbocycles. The summed E-state index contributed by atoms with van der Waals surface area (Å²) in [7, 11) is 4.68. The molecular weight excluding hydrogens is 348 g/mol. The Hall–Kier alpha value is -2.44. The van der Waals surface area contributed by atoms with E-state index in [9.17, 15) is 9.59 Å². The SMILES string of the molecule is CCCNC(=O)[C@H]1CN(C(=O)CC)C[C@@H]1c1cc(OC)c(OC)c(OC)c1. The van der Waals surface area contributed by atoms with Crippen LogP contribution in [0.5, 0.6) is 17.2 Å². The Kier molecular flexibility index (Phi) is 7.33. The van der Waals surface area contributed by atoms with Crippen molar-refractivity contribution in [2.75, 3.05) is 41.0 Å². The van der Waals surface area contributed by atoms with Gasteiger partial charge in [-0.1, -0.05) is 13.8 Å². The second-order valence-corrected chi connectivity index (χ2v) is 6.61. The van der Waals surface area contributed by atoms with E-state index in [4.69, 9.17) is 14.2 Å². The number of carbonyl (C=O) groups excluding carboxylic acids is 2. The van der Waals surface area contributed by atoms with Gasteiger partial charge in [-0.15, -0.1) is 0 Å². The standard InChI is InChI=1S/C20H30N2O5/c1-6-8-21-20(24)15-12-22(18(23)7-2)11-14(15)13-9-16(25-3)19(27-5)17(10-13)26-4/h9-10,14-15H,6-8,11-12H2,1-5H3,(H,21,24)/t14-,15+/m1/s1. The summed E-state index contributed by atoms with van der Waals surface area (Å²) in [5.41, 5.74) is 0.896. The monoisotopic (exact) mass is 378 g/mol. The molecule has 1 heterocycles. The molecule has 1 aromatic rings. The minimum absolute atomic E-state index is 0.0259. The number of amides is 2. The Labute approximate surface area is 161 Å². The minimum atomic E-state index is -0.310. The molecule has 2 rings (SSSR count). The molecule has 0 bridgehead atoms. The third kappa shape index (κ3) is 4.46. The van der Waals surface area contributed by atoms with E-state index in [1.165, 1.54) is 0 Å². The van der Waals surface area contributed by atoms with Crippen molar-refractivity contribution in [2.45, 2.75) is 32.6 Å². The lowest BCUT2D eigenvalue weighted by Gasteiger charge is -2.21.